The second-order valence-corrected chi connectivity index (χ2v) is 4.49. The van der Waals surface area contributed by atoms with Crippen LogP contribution >= 0.6 is 23.2 Å². The van der Waals surface area contributed by atoms with E-state index in [1.165, 1.54) is 12.1 Å². The number of nitrogens with one attached hydrogen (secondary N) is 1. The van der Waals surface area contributed by atoms with Crippen molar-refractivity contribution < 1.29 is 13.6 Å². The molecule has 0 spiro atoms. The summed E-state index contributed by atoms with van der Waals surface area (Å²) in [5.41, 5.74) is -0.268. The second-order valence-electron chi connectivity index (χ2n) is 3.67. The molecule has 19 heavy (non-hydrogen) atoms. The molecule has 98 valence electrons. The van der Waals surface area contributed by atoms with E-state index in [9.17, 15) is 13.6 Å². The van der Waals surface area contributed by atoms with Crippen molar-refractivity contribution in [1.82, 2.24) is 0 Å². The van der Waals surface area contributed by atoms with E-state index in [-0.39, 0.29) is 15.7 Å². The molecule has 6 heteroatoms. The highest BCUT2D eigenvalue weighted by Crippen LogP contribution is 2.30. The summed E-state index contributed by atoms with van der Waals surface area (Å²) < 4.78 is 26.4. The molecule has 0 radical (unpaired) electrons. The second kappa shape index (κ2) is 5.55. The SMILES string of the molecule is O=C(Nc1c(Cl)cccc1Cl)c1cc(F)ccc1F. The zero-order chi connectivity index (χ0) is 14.0. The van der Waals surface area contributed by atoms with E-state index in [1.54, 1.807) is 6.07 Å². The number of carbonyl (C=O) groups is 1. The molecule has 0 heterocycles. The molecular formula is C13H7Cl2F2NO. The maximum Gasteiger partial charge on any atom is 0.258 e. The fourth-order valence-corrected chi connectivity index (χ4v) is 1.96. The fraction of sp³-hybridized carbons (Fsp3) is 0. The van der Waals surface area contributed by atoms with Crippen molar-refractivity contribution in [1.29, 1.82) is 0 Å². The molecule has 1 amide bonds. The van der Waals surface area contributed by atoms with Crippen LogP contribution in [0.15, 0.2) is 36.4 Å². The van der Waals surface area contributed by atoms with Crippen LogP contribution in [0.3, 0.4) is 0 Å². The molecule has 2 nitrogen and oxygen atoms in total. The topological polar surface area (TPSA) is 29.1 Å². The summed E-state index contributed by atoms with van der Waals surface area (Å²) in [6.45, 7) is 0. The first-order valence-corrected chi connectivity index (χ1v) is 5.95. The molecule has 0 unspecified atom stereocenters. The smallest absolute Gasteiger partial charge is 0.258 e. The minimum Gasteiger partial charge on any atom is -0.319 e. The van der Waals surface area contributed by atoms with Gasteiger partial charge in [0.1, 0.15) is 11.6 Å². The van der Waals surface area contributed by atoms with E-state index in [0.29, 0.717) is 0 Å². The first kappa shape index (κ1) is 13.8. The molecule has 0 fully saturated rings. The van der Waals surface area contributed by atoms with Crippen LogP contribution < -0.4 is 5.32 Å². The van der Waals surface area contributed by atoms with Gasteiger partial charge in [-0.15, -0.1) is 0 Å². The van der Waals surface area contributed by atoms with Crippen molar-refractivity contribution in [2.45, 2.75) is 0 Å². The van der Waals surface area contributed by atoms with Crippen molar-refractivity contribution in [3.8, 4) is 0 Å². The van der Waals surface area contributed by atoms with E-state index in [1.807, 2.05) is 0 Å². The predicted octanol–water partition coefficient (Wildman–Crippen LogP) is 4.52. The Hall–Kier alpha value is -1.65. The van der Waals surface area contributed by atoms with Gasteiger partial charge in [0.05, 0.1) is 21.3 Å². The summed E-state index contributed by atoms with van der Waals surface area (Å²) in [6, 6.07) is 7.24. The first-order chi connectivity index (χ1) is 8.99. The van der Waals surface area contributed by atoms with Crippen LogP contribution in [0.1, 0.15) is 10.4 Å². The average molecular weight is 302 g/mol. The summed E-state index contributed by atoms with van der Waals surface area (Å²) in [5, 5.41) is 2.77. The molecule has 2 aromatic carbocycles. The Labute approximate surface area is 118 Å². The fourth-order valence-electron chi connectivity index (χ4n) is 1.47. The highest BCUT2D eigenvalue weighted by Gasteiger charge is 2.15. The zero-order valence-electron chi connectivity index (χ0n) is 9.38. The Morgan fingerprint density at radius 2 is 1.68 bits per heavy atom. The lowest BCUT2D eigenvalue weighted by molar-refractivity contribution is 0.102. The molecule has 0 aliphatic rings. The number of benzene rings is 2. The lowest BCUT2D eigenvalue weighted by atomic mass is 10.2. The molecule has 2 aromatic rings. The Morgan fingerprint density at radius 3 is 2.32 bits per heavy atom. The zero-order valence-corrected chi connectivity index (χ0v) is 10.9. The lowest BCUT2D eigenvalue weighted by Gasteiger charge is -2.09. The van der Waals surface area contributed by atoms with E-state index < -0.39 is 23.1 Å². The minimum absolute atomic E-state index is 0.152. The van der Waals surface area contributed by atoms with Crippen LogP contribution in [-0.4, -0.2) is 5.91 Å². The highest BCUT2D eigenvalue weighted by atomic mass is 35.5. The number of hydrogen-bond acceptors (Lipinski definition) is 1. The number of para-hydroxylation sites is 1. The third kappa shape index (κ3) is 3.03. The average Bonchev–Trinajstić information content (AvgIpc) is 2.37. The maximum atomic E-state index is 13.4. The van der Waals surface area contributed by atoms with Gasteiger partial charge >= 0.3 is 0 Å². The molecule has 0 bridgehead atoms. The quantitative estimate of drug-likeness (QED) is 0.868. The summed E-state index contributed by atoms with van der Waals surface area (Å²) in [5.74, 6) is -2.37. The van der Waals surface area contributed by atoms with E-state index >= 15 is 0 Å². The number of hydrogen-bond donors (Lipinski definition) is 1. The molecular weight excluding hydrogens is 295 g/mol. The van der Waals surface area contributed by atoms with Crippen LogP contribution in [0, 0.1) is 11.6 Å². The van der Waals surface area contributed by atoms with Crippen molar-refractivity contribution in [2.75, 3.05) is 5.32 Å². The highest BCUT2D eigenvalue weighted by molar-refractivity contribution is 6.40. The van der Waals surface area contributed by atoms with E-state index in [4.69, 9.17) is 23.2 Å². The Balaban J connectivity index is 2.34. The number of carbonyl (C=O) groups excluding carboxylic acids is 1. The molecule has 0 aliphatic heterocycles. The molecule has 0 saturated heterocycles. The third-order valence-corrected chi connectivity index (χ3v) is 3.00. The largest absolute Gasteiger partial charge is 0.319 e. The Morgan fingerprint density at radius 1 is 1.05 bits per heavy atom. The monoisotopic (exact) mass is 301 g/mol. The normalized spacial score (nSPS) is 10.3. The Kier molecular flexibility index (Phi) is 4.02. The maximum absolute atomic E-state index is 13.4. The van der Waals surface area contributed by atoms with E-state index in [2.05, 4.69) is 5.32 Å². The summed E-state index contributed by atoms with van der Waals surface area (Å²) in [4.78, 5) is 11.9. The van der Waals surface area contributed by atoms with Gasteiger partial charge < -0.3 is 5.32 Å². The molecule has 0 atom stereocenters. The molecule has 0 aromatic heterocycles. The summed E-state index contributed by atoms with van der Waals surface area (Å²) >= 11 is 11.7. The van der Waals surface area contributed by atoms with Gasteiger partial charge in [0, 0.05) is 0 Å². The van der Waals surface area contributed by atoms with Crippen LogP contribution in [0.4, 0.5) is 14.5 Å². The Bertz CT molecular complexity index is 626. The van der Waals surface area contributed by atoms with Crippen molar-refractivity contribution in [2.24, 2.45) is 0 Å². The van der Waals surface area contributed by atoms with Gasteiger partial charge in [-0.25, -0.2) is 8.78 Å². The molecule has 2 rings (SSSR count). The molecule has 0 saturated carbocycles. The van der Waals surface area contributed by atoms with Gasteiger partial charge in [0.25, 0.3) is 5.91 Å². The van der Waals surface area contributed by atoms with Crippen LogP contribution in [-0.2, 0) is 0 Å². The van der Waals surface area contributed by atoms with Crippen LogP contribution in [0.2, 0.25) is 10.0 Å². The van der Waals surface area contributed by atoms with Crippen molar-refractivity contribution in [3.63, 3.8) is 0 Å². The van der Waals surface area contributed by atoms with E-state index in [0.717, 1.165) is 18.2 Å². The summed E-state index contributed by atoms with van der Waals surface area (Å²) in [6.07, 6.45) is 0. The van der Waals surface area contributed by atoms with Crippen LogP contribution in [0.25, 0.3) is 0 Å². The number of anilines is 1. The molecule has 1 N–H and O–H groups in total. The minimum atomic E-state index is -0.831. The van der Waals surface area contributed by atoms with Gasteiger partial charge in [-0.3, -0.25) is 4.79 Å². The van der Waals surface area contributed by atoms with Gasteiger partial charge in [-0.05, 0) is 30.3 Å². The number of amides is 1. The van der Waals surface area contributed by atoms with Gasteiger partial charge in [-0.1, -0.05) is 29.3 Å². The third-order valence-electron chi connectivity index (χ3n) is 2.37. The first-order valence-electron chi connectivity index (χ1n) is 5.19. The predicted molar refractivity (Wildman–Crippen MR) is 70.8 cm³/mol. The van der Waals surface area contributed by atoms with Gasteiger partial charge in [-0.2, -0.15) is 0 Å². The number of halogens is 4. The van der Waals surface area contributed by atoms with Gasteiger partial charge in [0.2, 0.25) is 0 Å². The molecule has 0 aliphatic carbocycles. The van der Waals surface area contributed by atoms with Crippen molar-refractivity contribution in [3.05, 3.63) is 63.6 Å². The summed E-state index contributed by atoms with van der Waals surface area (Å²) in [7, 11) is 0. The standard InChI is InChI=1S/C13H7Cl2F2NO/c14-9-2-1-3-10(15)12(9)18-13(19)8-6-7(16)4-5-11(8)17/h1-6H,(H,18,19). The lowest BCUT2D eigenvalue weighted by Crippen LogP contribution is -2.14. The van der Waals surface area contributed by atoms with Crippen molar-refractivity contribution >= 4 is 34.8 Å². The number of rotatable bonds is 2. The van der Waals surface area contributed by atoms with Crippen LogP contribution in [0.5, 0.6) is 0 Å². The van der Waals surface area contributed by atoms with Gasteiger partial charge in [0.15, 0.2) is 0 Å².